The van der Waals surface area contributed by atoms with Crippen LogP contribution < -0.4 is 4.72 Å². The van der Waals surface area contributed by atoms with Crippen molar-refractivity contribution in [2.45, 2.75) is 0 Å². The van der Waals surface area contributed by atoms with E-state index < -0.39 is 10.0 Å². The molecule has 0 amide bonds. The monoisotopic (exact) mass is 169 g/mol. The number of nitrogens with one attached hydrogen (secondary N) is 1. The third kappa shape index (κ3) is 8.26. The Balaban J connectivity index is 3.30. The van der Waals surface area contributed by atoms with E-state index in [1.807, 2.05) is 6.26 Å². The Morgan fingerprint density at radius 2 is 2.11 bits per heavy atom. The van der Waals surface area contributed by atoms with Gasteiger partial charge in [-0.1, -0.05) is 0 Å². The van der Waals surface area contributed by atoms with E-state index in [1.165, 1.54) is 0 Å². The topological polar surface area (TPSA) is 46.2 Å². The normalized spacial score (nSPS) is 11.8. The highest BCUT2D eigenvalue weighted by molar-refractivity contribution is 7.98. The number of hydrogen-bond donors (Lipinski definition) is 1. The Labute approximate surface area is 60.3 Å². The largest absolute Gasteiger partial charge is 0.215 e. The third-order valence-electron chi connectivity index (χ3n) is 0.670. The molecular formula is C4H11NO2S2. The van der Waals surface area contributed by atoms with Crippen LogP contribution in [0.1, 0.15) is 0 Å². The summed E-state index contributed by atoms with van der Waals surface area (Å²) in [6, 6.07) is 0. The fourth-order valence-electron chi connectivity index (χ4n) is 0.329. The Hall–Kier alpha value is 0.260. The van der Waals surface area contributed by atoms with Gasteiger partial charge in [0.05, 0.1) is 6.26 Å². The van der Waals surface area contributed by atoms with Gasteiger partial charge in [0, 0.05) is 12.3 Å². The molecule has 1 N–H and O–H groups in total. The van der Waals surface area contributed by atoms with Gasteiger partial charge in [0.25, 0.3) is 0 Å². The number of sulfonamides is 1. The fraction of sp³-hybridized carbons (Fsp3) is 1.00. The van der Waals surface area contributed by atoms with Crippen LogP contribution in [-0.4, -0.2) is 33.2 Å². The second kappa shape index (κ2) is 4.14. The van der Waals surface area contributed by atoms with Crippen LogP contribution in [0.2, 0.25) is 0 Å². The maximum absolute atomic E-state index is 10.4. The lowest BCUT2D eigenvalue weighted by atomic mass is 10.8. The van der Waals surface area contributed by atoms with E-state index >= 15 is 0 Å². The van der Waals surface area contributed by atoms with Crippen LogP contribution in [0.3, 0.4) is 0 Å². The Morgan fingerprint density at radius 1 is 1.56 bits per heavy atom. The minimum Gasteiger partial charge on any atom is -0.215 e. The molecule has 9 heavy (non-hydrogen) atoms. The standard InChI is InChI=1S/C4H11NO2S2/c1-8-4-3-5-9(2,6)7/h5H,3-4H2,1-2H3. The quantitative estimate of drug-likeness (QED) is 0.598. The molecule has 0 aromatic rings. The molecule has 0 aliphatic rings. The van der Waals surface area contributed by atoms with E-state index in [9.17, 15) is 8.42 Å². The highest BCUT2D eigenvalue weighted by Gasteiger charge is 1.96. The molecule has 0 heterocycles. The van der Waals surface area contributed by atoms with Crippen LogP contribution in [0, 0.1) is 0 Å². The number of hydrogen-bond acceptors (Lipinski definition) is 3. The summed E-state index contributed by atoms with van der Waals surface area (Å²) in [5.74, 6) is 0.826. The van der Waals surface area contributed by atoms with Crippen molar-refractivity contribution in [2.24, 2.45) is 0 Å². The average Bonchev–Trinajstić information content (AvgIpc) is 1.63. The third-order valence-corrected chi connectivity index (χ3v) is 2.01. The molecule has 0 fully saturated rings. The Kier molecular flexibility index (Phi) is 4.26. The second-order valence-corrected chi connectivity index (χ2v) is 4.48. The van der Waals surface area contributed by atoms with Gasteiger partial charge in [0.1, 0.15) is 0 Å². The van der Waals surface area contributed by atoms with Gasteiger partial charge in [0.15, 0.2) is 0 Å². The lowest BCUT2D eigenvalue weighted by molar-refractivity contribution is 0.590. The fourth-order valence-corrected chi connectivity index (χ4v) is 1.24. The van der Waals surface area contributed by atoms with Crippen molar-refractivity contribution >= 4 is 21.8 Å². The maximum Gasteiger partial charge on any atom is 0.208 e. The lowest BCUT2D eigenvalue weighted by Gasteiger charge is -1.97. The van der Waals surface area contributed by atoms with Crippen LogP contribution in [0.25, 0.3) is 0 Å². The number of rotatable bonds is 4. The molecule has 0 saturated carbocycles. The smallest absolute Gasteiger partial charge is 0.208 e. The minimum absolute atomic E-state index is 0.528. The SMILES string of the molecule is CSCCNS(C)(=O)=O. The molecule has 0 aromatic carbocycles. The predicted molar refractivity (Wildman–Crippen MR) is 41.2 cm³/mol. The first-order valence-electron chi connectivity index (χ1n) is 2.50. The van der Waals surface area contributed by atoms with Crippen molar-refractivity contribution in [3.05, 3.63) is 0 Å². The van der Waals surface area contributed by atoms with E-state index in [0.29, 0.717) is 6.54 Å². The molecule has 3 nitrogen and oxygen atoms in total. The summed E-state index contributed by atoms with van der Waals surface area (Å²) < 4.78 is 23.1. The molecular weight excluding hydrogens is 158 g/mol. The van der Waals surface area contributed by atoms with Crippen LogP contribution >= 0.6 is 11.8 Å². The molecule has 0 saturated heterocycles. The summed E-state index contributed by atoms with van der Waals surface area (Å²) in [4.78, 5) is 0. The second-order valence-electron chi connectivity index (χ2n) is 1.66. The van der Waals surface area contributed by atoms with E-state index in [1.54, 1.807) is 11.8 Å². The summed E-state index contributed by atoms with van der Waals surface area (Å²) in [5.41, 5.74) is 0. The van der Waals surface area contributed by atoms with Gasteiger partial charge in [-0.25, -0.2) is 13.1 Å². The molecule has 0 spiro atoms. The zero-order valence-corrected chi connectivity index (χ0v) is 7.18. The van der Waals surface area contributed by atoms with E-state index in [0.717, 1.165) is 12.0 Å². The van der Waals surface area contributed by atoms with Gasteiger partial charge in [-0.05, 0) is 6.26 Å². The predicted octanol–water partition coefficient (Wildman–Crippen LogP) is -0.101. The van der Waals surface area contributed by atoms with Crippen molar-refractivity contribution in [3.8, 4) is 0 Å². The molecule has 0 radical (unpaired) electrons. The van der Waals surface area contributed by atoms with Gasteiger partial charge in [-0.3, -0.25) is 0 Å². The summed E-state index contributed by atoms with van der Waals surface area (Å²) in [5, 5.41) is 0. The van der Waals surface area contributed by atoms with E-state index in [2.05, 4.69) is 4.72 Å². The highest BCUT2D eigenvalue weighted by atomic mass is 32.2. The zero-order chi connectivity index (χ0) is 7.33. The molecule has 0 aliphatic heterocycles. The van der Waals surface area contributed by atoms with Gasteiger partial charge in [-0.15, -0.1) is 0 Å². The van der Waals surface area contributed by atoms with Crippen LogP contribution in [0.5, 0.6) is 0 Å². The Morgan fingerprint density at radius 3 is 2.44 bits per heavy atom. The van der Waals surface area contributed by atoms with Crippen LogP contribution in [0.15, 0.2) is 0 Å². The van der Waals surface area contributed by atoms with Crippen molar-refractivity contribution in [1.29, 1.82) is 0 Å². The van der Waals surface area contributed by atoms with Gasteiger partial charge in [0.2, 0.25) is 10.0 Å². The van der Waals surface area contributed by atoms with E-state index in [-0.39, 0.29) is 0 Å². The molecule has 0 aliphatic carbocycles. The summed E-state index contributed by atoms with van der Waals surface area (Å²) in [7, 11) is -2.96. The zero-order valence-electron chi connectivity index (χ0n) is 5.55. The number of thioether (sulfide) groups is 1. The maximum atomic E-state index is 10.4. The van der Waals surface area contributed by atoms with Crippen LogP contribution in [-0.2, 0) is 10.0 Å². The average molecular weight is 169 g/mol. The first-order chi connectivity index (χ1) is 4.06. The molecule has 56 valence electrons. The molecule has 0 atom stereocenters. The lowest BCUT2D eigenvalue weighted by Crippen LogP contribution is -2.24. The molecule has 0 unspecified atom stereocenters. The first-order valence-corrected chi connectivity index (χ1v) is 5.78. The van der Waals surface area contributed by atoms with Gasteiger partial charge < -0.3 is 0 Å². The molecule has 0 rings (SSSR count). The van der Waals surface area contributed by atoms with Crippen LogP contribution in [0.4, 0.5) is 0 Å². The van der Waals surface area contributed by atoms with Crippen molar-refractivity contribution in [3.63, 3.8) is 0 Å². The molecule has 5 heteroatoms. The molecule has 0 aromatic heterocycles. The summed E-state index contributed by atoms with van der Waals surface area (Å²) >= 11 is 1.62. The van der Waals surface area contributed by atoms with Crippen molar-refractivity contribution in [2.75, 3.05) is 24.8 Å². The molecule has 0 bridgehead atoms. The summed E-state index contributed by atoms with van der Waals surface area (Å²) in [6.45, 7) is 0.528. The Bertz CT molecular complexity index is 152. The first kappa shape index (κ1) is 9.26. The van der Waals surface area contributed by atoms with Crippen molar-refractivity contribution < 1.29 is 8.42 Å². The van der Waals surface area contributed by atoms with Gasteiger partial charge in [-0.2, -0.15) is 11.8 Å². The van der Waals surface area contributed by atoms with Gasteiger partial charge >= 0.3 is 0 Å². The minimum atomic E-state index is -2.96. The highest BCUT2D eigenvalue weighted by Crippen LogP contribution is 1.87. The van der Waals surface area contributed by atoms with E-state index in [4.69, 9.17) is 0 Å². The summed E-state index contributed by atoms with van der Waals surface area (Å²) in [6.07, 6.45) is 3.09. The van der Waals surface area contributed by atoms with Crippen molar-refractivity contribution in [1.82, 2.24) is 4.72 Å².